The van der Waals surface area contributed by atoms with Gasteiger partial charge in [-0.1, -0.05) is 11.6 Å². The molecule has 90 valence electrons. The molecule has 0 bridgehead atoms. The lowest BCUT2D eigenvalue weighted by Gasteiger charge is -2.03. The van der Waals surface area contributed by atoms with E-state index in [0.29, 0.717) is 4.83 Å². The molecular formula is C12H5ClF2N2S. The summed E-state index contributed by atoms with van der Waals surface area (Å²) in [7, 11) is 0. The summed E-state index contributed by atoms with van der Waals surface area (Å²) >= 11 is 7.38. The molecule has 0 saturated heterocycles. The van der Waals surface area contributed by atoms with Crippen molar-refractivity contribution in [2.24, 2.45) is 0 Å². The second-order valence-corrected chi connectivity index (χ2v) is 4.85. The van der Waals surface area contributed by atoms with Gasteiger partial charge in [0, 0.05) is 11.5 Å². The van der Waals surface area contributed by atoms with Crippen molar-refractivity contribution in [2.45, 2.75) is 0 Å². The molecule has 18 heavy (non-hydrogen) atoms. The highest BCUT2D eigenvalue weighted by Crippen LogP contribution is 2.29. The van der Waals surface area contributed by atoms with E-state index >= 15 is 0 Å². The van der Waals surface area contributed by atoms with Crippen molar-refractivity contribution in [3.8, 4) is 11.4 Å². The second-order valence-electron chi connectivity index (χ2n) is 3.60. The summed E-state index contributed by atoms with van der Waals surface area (Å²) in [5.74, 6) is -1.19. The molecular weight excluding hydrogens is 278 g/mol. The Balaban J connectivity index is 2.24. The van der Waals surface area contributed by atoms with Gasteiger partial charge in [-0.15, -0.1) is 11.3 Å². The van der Waals surface area contributed by atoms with Gasteiger partial charge in [-0.05, 0) is 23.6 Å². The number of aromatic nitrogens is 2. The molecule has 0 aliphatic rings. The van der Waals surface area contributed by atoms with Gasteiger partial charge >= 0.3 is 0 Å². The van der Waals surface area contributed by atoms with Crippen LogP contribution in [-0.2, 0) is 0 Å². The average Bonchev–Trinajstić information content (AvgIpc) is 2.77. The van der Waals surface area contributed by atoms with Crippen LogP contribution in [0.1, 0.15) is 0 Å². The number of halogens is 3. The highest BCUT2D eigenvalue weighted by atomic mass is 35.5. The Kier molecular flexibility index (Phi) is 2.72. The molecule has 0 unspecified atom stereocenters. The average molecular weight is 283 g/mol. The highest BCUT2D eigenvalue weighted by molar-refractivity contribution is 7.16. The monoisotopic (exact) mass is 282 g/mol. The molecule has 0 aliphatic carbocycles. The van der Waals surface area contributed by atoms with E-state index in [4.69, 9.17) is 11.6 Å². The lowest BCUT2D eigenvalue weighted by atomic mass is 10.2. The minimum atomic E-state index is -0.707. The second kappa shape index (κ2) is 4.26. The first-order valence-electron chi connectivity index (χ1n) is 5.01. The van der Waals surface area contributed by atoms with E-state index in [-0.39, 0.29) is 16.5 Å². The van der Waals surface area contributed by atoms with Crippen LogP contribution in [0.4, 0.5) is 8.78 Å². The number of hydrogen-bond acceptors (Lipinski definition) is 3. The van der Waals surface area contributed by atoms with Crippen LogP contribution in [-0.4, -0.2) is 9.97 Å². The predicted molar refractivity (Wildman–Crippen MR) is 67.8 cm³/mol. The van der Waals surface area contributed by atoms with Crippen LogP contribution in [0.5, 0.6) is 0 Å². The number of fused-ring (bicyclic) bond motifs is 1. The van der Waals surface area contributed by atoms with Crippen molar-refractivity contribution >= 4 is 33.2 Å². The van der Waals surface area contributed by atoms with Crippen molar-refractivity contribution in [1.82, 2.24) is 9.97 Å². The van der Waals surface area contributed by atoms with Gasteiger partial charge in [0.25, 0.3) is 0 Å². The first-order chi connectivity index (χ1) is 8.65. The zero-order chi connectivity index (χ0) is 12.7. The Hall–Kier alpha value is -1.59. The van der Waals surface area contributed by atoms with Crippen LogP contribution in [0, 0.1) is 11.6 Å². The van der Waals surface area contributed by atoms with Crippen molar-refractivity contribution in [3.05, 3.63) is 46.4 Å². The van der Waals surface area contributed by atoms with Crippen molar-refractivity contribution < 1.29 is 8.78 Å². The summed E-state index contributed by atoms with van der Waals surface area (Å²) in [6.45, 7) is 0. The maximum absolute atomic E-state index is 13.6. The fourth-order valence-corrected chi connectivity index (χ4v) is 2.66. The standard InChI is InChI=1S/C12H5ClF2N2S/c13-10-8-3-4-18-12(8)17-11(16-10)7-2-1-6(14)5-9(7)15/h1-5H. The molecule has 0 saturated carbocycles. The largest absolute Gasteiger partial charge is 0.217 e. The van der Waals surface area contributed by atoms with E-state index < -0.39 is 11.6 Å². The number of benzene rings is 1. The quantitative estimate of drug-likeness (QED) is 0.622. The molecule has 2 heterocycles. The summed E-state index contributed by atoms with van der Waals surface area (Å²) < 4.78 is 26.5. The molecule has 0 amide bonds. The molecule has 0 spiro atoms. The summed E-state index contributed by atoms with van der Waals surface area (Å²) in [5.41, 5.74) is 0.133. The van der Waals surface area contributed by atoms with Gasteiger partial charge in [0.2, 0.25) is 0 Å². The highest BCUT2D eigenvalue weighted by Gasteiger charge is 2.12. The lowest BCUT2D eigenvalue weighted by molar-refractivity contribution is 0.585. The van der Waals surface area contributed by atoms with Crippen molar-refractivity contribution in [1.29, 1.82) is 0 Å². The molecule has 6 heteroatoms. The number of hydrogen-bond donors (Lipinski definition) is 0. The van der Waals surface area contributed by atoms with E-state index in [9.17, 15) is 8.78 Å². The lowest BCUT2D eigenvalue weighted by Crippen LogP contribution is -1.93. The molecule has 0 N–H and O–H groups in total. The van der Waals surface area contributed by atoms with E-state index in [1.54, 1.807) is 6.07 Å². The maximum Gasteiger partial charge on any atom is 0.165 e. The van der Waals surface area contributed by atoms with Gasteiger partial charge in [0.1, 0.15) is 21.6 Å². The smallest absolute Gasteiger partial charge is 0.165 e. The fourth-order valence-electron chi connectivity index (χ4n) is 1.61. The minimum Gasteiger partial charge on any atom is -0.217 e. The molecule has 0 atom stereocenters. The third-order valence-corrected chi connectivity index (χ3v) is 3.55. The zero-order valence-electron chi connectivity index (χ0n) is 8.82. The van der Waals surface area contributed by atoms with Gasteiger partial charge in [0.05, 0.1) is 5.56 Å². The van der Waals surface area contributed by atoms with Crippen molar-refractivity contribution in [2.75, 3.05) is 0 Å². The van der Waals surface area contributed by atoms with Crippen LogP contribution in [0.25, 0.3) is 21.6 Å². The van der Waals surface area contributed by atoms with Gasteiger partial charge < -0.3 is 0 Å². The molecule has 3 aromatic rings. The summed E-state index contributed by atoms with van der Waals surface area (Å²) in [5, 5.41) is 2.82. The SMILES string of the molecule is Fc1ccc(-c2nc(Cl)c3ccsc3n2)c(F)c1. The molecule has 0 fully saturated rings. The number of rotatable bonds is 1. The Morgan fingerprint density at radius 2 is 1.94 bits per heavy atom. The third kappa shape index (κ3) is 1.85. The molecule has 3 rings (SSSR count). The third-order valence-electron chi connectivity index (χ3n) is 2.45. The molecule has 0 radical (unpaired) electrons. The predicted octanol–water partition coefficient (Wildman–Crippen LogP) is 4.29. The van der Waals surface area contributed by atoms with Crippen LogP contribution in [0.3, 0.4) is 0 Å². The first kappa shape index (κ1) is 11.5. The first-order valence-corrected chi connectivity index (χ1v) is 6.27. The van der Waals surface area contributed by atoms with E-state index in [0.717, 1.165) is 17.5 Å². The topological polar surface area (TPSA) is 25.8 Å². The van der Waals surface area contributed by atoms with Crippen molar-refractivity contribution in [3.63, 3.8) is 0 Å². The minimum absolute atomic E-state index is 0.133. The zero-order valence-corrected chi connectivity index (χ0v) is 10.4. The van der Waals surface area contributed by atoms with Gasteiger partial charge in [-0.3, -0.25) is 0 Å². The van der Waals surface area contributed by atoms with E-state index in [2.05, 4.69) is 9.97 Å². The number of thiophene rings is 1. The maximum atomic E-state index is 13.6. The van der Waals surface area contributed by atoms with E-state index in [1.807, 2.05) is 5.38 Å². The Morgan fingerprint density at radius 3 is 2.72 bits per heavy atom. The summed E-state index contributed by atoms with van der Waals surface area (Å²) in [6.07, 6.45) is 0. The Bertz CT molecular complexity index is 742. The van der Waals surface area contributed by atoms with Crippen LogP contribution >= 0.6 is 22.9 Å². The van der Waals surface area contributed by atoms with Crippen LogP contribution < -0.4 is 0 Å². The summed E-state index contributed by atoms with van der Waals surface area (Å²) in [6, 6.07) is 5.06. The molecule has 1 aromatic carbocycles. The van der Waals surface area contributed by atoms with Crippen LogP contribution in [0.2, 0.25) is 5.15 Å². The van der Waals surface area contributed by atoms with Crippen LogP contribution in [0.15, 0.2) is 29.6 Å². The number of nitrogens with zero attached hydrogens (tertiary/aromatic N) is 2. The van der Waals surface area contributed by atoms with Gasteiger partial charge in [0.15, 0.2) is 5.82 Å². The fraction of sp³-hybridized carbons (Fsp3) is 0. The van der Waals surface area contributed by atoms with Gasteiger partial charge in [-0.25, -0.2) is 18.7 Å². The molecule has 2 aromatic heterocycles. The molecule has 0 aliphatic heterocycles. The Labute approximate surface area is 110 Å². The summed E-state index contributed by atoms with van der Waals surface area (Å²) in [4.78, 5) is 8.92. The van der Waals surface area contributed by atoms with E-state index in [1.165, 1.54) is 17.4 Å². The Morgan fingerprint density at radius 1 is 1.11 bits per heavy atom. The molecule has 2 nitrogen and oxygen atoms in total. The van der Waals surface area contributed by atoms with Gasteiger partial charge in [-0.2, -0.15) is 0 Å². The normalized spacial score (nSPS) is 11.1.